The number of esters is 3. The molecule has 6 atom stereocenters. The van der Waals surface area contributed by atoms with Crippen LogP contribution < -0.4 is 0 Å². The molecule has 0 amide bonds. The normalized spacial score (nSPS) is 44.6. The number of thioether (sulfide) groups is 2. The van der Waals surface area contributed by atoms with Gasteiger partial charge in [-0.05, 0) is 17.9 Å². The van der Waals surface area contributed by atoms with Crippen LogP contribution >= 0.6 is 39.5 Å². The van der Waals surface area contributed by atoms with E-state index in [4.69, 9.17) is 23.7 Å². The summed E-state index contributed by atoms with van der Waals surface area (Å²) < 4.78 is 24.2. The summed E-state index contributed by atoms with van der Waals surface area (Å²) in [5.41, 5.74) is -1.32. The van der Waals surface area contributed by atoms with Gasteiger partial charge in [-0.2, -0.15) is 0 Å². The van der Waals surface area contributed by atoms with Crippen LogP contribution in [0.1, 0.15) is 6.42 Å². The zero-order chi connectivity index (χ0) is 19.6. The van der Waals surface area contributed by atoms with E-state index in [1.54, 1.807) is 0 Å². The molecule has 1 saturated carbocycles. The highest BCUT2D eigenvalue weighted by Gasteiger charge is 2.98. The highest BCUT2D eigenvalue weighted by Crippen LogP contribution is 2.81. The molecule has 3 saturated heterocycles. The molecule has 0 aromatic rings. The molecule has 1 aliphatic carbocycles. The molecule has 150 valence electrons. The zero-order valence-corrected chi connectivity index (χ0v) is 18.1. The predicted molar refractivity (Wildman–Crippen MR) is 99.1 cm³/mol. The summed E-state index contributed by atoms with van der Waals surface area (Å²) >= 11 is 6.29. The molecule has 11 heteroatoms. The fourth-order valence-electron chi connectivity index (χ4n) is 4.72. The van der Waals surface area contributed by atoms with Crippen molar-refractivity contribution in [1.82, 2.24) is 0 Å². The quantitative estimate of drug-likeness (QED) is 0.329. The van der Waals surface area contributed by atoms with Gasteiger partial charge in [-0.25, -0.2) is 4.79 Å². The number of methoxy groups -OCH3 is 3. The van der Waals surface area contributed by atoms with Gasteiger partial charge in [0, 0.05) is 14.2 Å². The first kappa shape index (κ1) is 19.8. The second-order valence-electron chi connectivity index (χ2n) is 6.76. The lowest BCUT2D eigenvalue weighted by atomic mass is 9.82. The van der Waals surface area contributed by atoms with Gasteiger partial charge >= 0.3 is 17.9 Å². The monoisotopic (exact) mass is 482 g/mol. The Hall–Kier alpha value is -0.490. The van der Waals surface area contributed by atoms with Gasteiger partial charge in [0.2, 0.25) is 12.6 Å². The lowest BCUT2D eigenvalue weighted by Gasteiger charge is -2.41. The summed E-state index contributed by atoms with van der Waals surface area (Å²) in [6.07, 6.45) is -0.970. The van der Waals surface area contributed by atoms with E-state index in [-0.39, 0.29) is 0 Å². The Morgan fingerprint density at radius 3 is 2.15 bits per heavy atom. The summed E-state index contributed by atoms with van der Waals surface area (Å²) in [7, 11) is 4.14. The Morgan fingerprint density at radius 2 is 1.59 bits per heavy atom. The molecule has 0 aromatic heterocycles. The highest BCUT2D eigenvalue weighted by molar-refractivity contribution is 9.10. The number of hydrogen-bond donors (Lipinski definition) is 0. The van der Waals surface area contributed by atoms with Crippen LogP contribution in [0, 0.1) is 17.3 Å². The first-order valence-electron chi connectivity index (χ1n) is 8.39. The number of cyclic esters (lactones) is 2. The molecular formula is C16H19BrO8S2. The predicted octanol–water partition coefficient (Wildman–Crippen LogP) is 1.15. The smallest absolute Gasteiger partial charge is 0.332 e. The van der Waals surface area contributed by atoms with E-state index in [2.05, 4.69) is 15.9 Å². The topological polar surface area (TPSA) is 97.4 Å². The summed E-state index contributed by atoms with van der Waals surface area (Å²) in [6.45, 7) is 0. The van der Waals surface area contributed by atoms with Crippen molar-refractivity contribution in [3.8, 4) is 0 Å². The van der Waals surface area contributed by atoms with Crippen LogP contribution in [-0.2, 0) is 38.1 Å². The van der Waals surface area contributed by atoms with E-state index in [9.17, 15) is 14.4 Å². The van der Waals surface area contributed by atoms with Gasteiger partial charge in [-0.15, -0.1) is 23.5 Å². The minimum atomic E-state index is -1.32. The van der Waals surface area contributed by atoms with E-state index in [1.807, 2.05) is 0 Å². The van der Waals surface area contributed by atoms with Gasteiger partial charge in [-0.3, -0.25) is 9.59 Å². The van der Waals surface area contributed by atoms with Crippen LogP contribution in [-0.4, -0.2) is 71.7 Å². The lowest BCUT2D eigenvalue weighted by molar-refractivity contribution is -0.175. The Morgan fingerprint density at radius 1 is 1.04 bits per heavy atom. The van der Waals surface area contributed by atoms with Crippen molar-refractivity contribution in [3.63, 3.8) is 0 Å². The Bertz CT molecular complexity index is 698. The van der Waals surface area contributed by atoms with Crippen LogP contribution in [0.4, 0.5) is 0 Å². The number of halogens is 1. The minimum Gasteiger partial charge on any atom is -0.467 e. The fraction of sp³-hybridized carbons (Fsp3) is 0.812. The van der Waals surface area contributed by atoms with E-state index in [1.165, 1.54) is 44.9 Å². The molecule has 0 N–H and O–H groups in total. The van der Waals surface area contributed by atoms with Crippen molar-refractivity contribution in [2.75, 3.05) is 32.8 Å². The van der Waals surface area contributed by atoms with Crippen molar-refractivity contribution in [2.45, 2.75) is 27.4 Å². The van der Waals surface area contributed by atoms with Crippen LogP contribution in [0.3, 0.4) is 0 Å². The molecule has 0 radical (unpaired) electrons. The van der Waals surface area contributed by atoms with E-state index >= 15 is 0 Å². The third kappa shape index (κ3) is 2.18. The van der Waals surface area contributed by atoms with Crippen molar-refractivity contribution >= 4 is 57.4 Å². The maximum absolute atomic E-state index is 13.1. The number of fused-ring (bicyclic) bond motifs is 3. The maximum atomic E-state index is 13.1. The van der Waals surface area contributed by atoms with Gasteiger partial charge in [0.15, 0.2) is 8.40 Å². The van der Waals surface area contributed by atoms with Gasteiger partial charge in [0.1, 0.15) is 5.41 Å². The molecule has 27 heavy (non-hydrogen) atoms. The molecule has 4 fully saturated rings. The van der Waals surface area contributed by atoms with Crippen LogP contribution in [0.5, 0.6) is 0 Å². The Balaban J connectivity index is 1.88. The largest absolute Gasteiger partial charge is 0.467 e. The molecule has 3 aliphatic heterocycles. The third-order valence-corrected chi connectivity index (χ3v) is 10.7. The molecule has 0 unspecified atom stereocenters. The summed E-state index contributed by atoms with van der Waals surface area (Å²) in [6, 6.07) is 0. The van der Waals surface area contributed by atoms with Gasteiger partial charge in [0.05, 0.1) is 18.9 Å². The fourth-order valence-corrected chi connectivity index (χ4v) is 9.48. The summed E-state index contributed by atoms with van der Waals surface area (Å²) in [4.78, 5) is 38.7. The van der Waals surface area contributed by atoms with Crippen LogP contribution in [0.25, 0.3) is 0 Å². The standard InChI is InChI=1S/C16H19BrO8S2/c1-21-9-7-14(15(7,17)12(19)25-9)8(10(22-2)24-11(14)18)16(13(20)23-3)26-5-4-6-27-16/h7-10H,4-6H2,1-3H3/t7-,8-,9-,10+,14-,15-/m0/s1. The summed E-state index contributed by atoms with van der Waals surface area (Å²) in [5, 5.41) is 0. The first-order valence-corrected chi connectivity index (χ1v) is 11.2. The van der Waals surface area contributed by atoms with Crippen LogP contribution in [0.2, 0.25) is 0 Å². The number of ether oxygens (including phenoxy) is 5. The molecule has 8 nitrogen and oxygen atoms in total. The number of carbonyl (C=O) groups excluding carboxylic acids is 3. The highest BCUT2D eigenvalue weighted by atomic mass is 79.9. The summed E-state index contributed by atoms with van der Waals surface area (Å²) in [5.74, 6) is -1.58. The molecule has 0 aromatic carbocycles. The van der Waals surface area contributed by atoms with Crippen molar-refractivity contribution < 1.29 is 38.1 Å². The van der Waals surface area contributed by atoms with Gasteiger partial charge in [-0.1, -0.05) is 15.9 Å². The molecular weight excluding hydrogens is 464 g/mol. The Kier molecular flexibility index (Phi) is 4.78. The average Bonchev–Trinajstić information content (AvgIpc) is 2.95. The Labute approximate surface area is 172 Å². The third-order valence-electron chi connectivity index (χ3n) is 5.82. The van der Waals surface area contributed by atoms with Gasteiger partial charge < -0.3 is 23.7 Å². The SMILES string of the molecule is COC(=O)C1([C@H]2[C@H](OC)OC(=O)[C@]23[C@@H]2[C@@H](OC)OC(=O)[C@@]23Br)SCCCS1. The van der Waals surface area contributed by atoms with Gasteiger partial charge in [0.25, 0.3) is 0 Å². The number of rotatable bonds is 4. The second kappa shape index (κ2) is 6.51. The molecule has 1 spiro atoms. The minimum absolute atomic E-state index is 0.467. The number of alkyl halides is 1. The van der Waals surface area contributed by atoms with Crippen molar-refractivity contribution in [2.24, 2.45) is 17.3 Å². The van der Waals surface area contributed by atoms with E-state index in [0.717, 1.165) is 17.9 Å². The van der Waals surface area contributed by atoms with E-state index < -0.39 is 56.1 Å². The number of hydrogen-bond acceptors (Lipinski definition) is 10. The van der Waals surface area contributed by atoms with E-state index in [0.29, 0.717) is 0 Å². The first-order chi connectivity index (χ1) is 12.9. The average molecular weight is 483 g/mol. The molecule has 4 rings (SSSR count). The lowest BCUT2D eigenvalue weighted by Crippen LogP contribution is -2.53. The van der Waals surface area contributed by atoms with Crippen molar-refractivity contribution in [1.29, 1.82) is 0 Å². The number of carbonyl (C=O) groups is 3. The molecule has 0 bridgehead atoms. The van der Waals surface area contributed by atoms with Crippen molar-refractivity contribution in [3.05, 3.63) is 0 Å². The maximum Gasteiger partial charge on any atom is 0.332 e. The van der Waals surface area contributed by atoms with Crippen LogP contribution in [0.15, 0.2) is 0 Å². The molecule has 3 heterocycles. The second-order valence-corrected chi connectivity index (χ2v) is 11.0. The molecule has 4 aliphatic rings. The zero-order valence-electron chi connectivity index (χ0n) is 14.9.